The van der Waals surface area contributed by atoms with Crippen molar-refractivity contribution in [3.63, 3.8) is 0 Å². The van der Waals surface area contributed by atoms with Gasteiger partial charge in [0.15, 0.2) is 0 Å². The van der Waals surface area contributed by atoms with Gasteiger partial charge in [0, 0.05) is 31.4 Å². The van der Waals surface area contributed by atoms with Gasteiger partial charge in [-0.05, 0) is 20.3 Å². The highest BCUT2D eigenvalue weighted by Gasteiger charge is 2.01. The SMILES string of the molecule is CCn1ccnc1CC[C@H](C)N. The normalized spacial score (nSPS) is 13.2. The molecule has 1 atom stereocenters. The van der Waals surface area contributed by atoms with Crippen LogP contribution in [0.25, 0.3) is 0 Å². The zero-order valence-electron chi connectivity index (χ0n) is 7.83. The number of aryl methyl sites for hydroxylation is 2. The summed E-state index contributed by atoms with van der Waals surface area (Å²) in [6.45, 7) is 5.14. The Bertz CT molecular complexity index is 227. The van der Waals surface area contributed by atoms with Crippen molar-refractivity contribution in [3.8, 4) is 0 Å². The van der Waals surface area contributed by atoms with E-state index in [1.807, 2.05) is 19.3 Å². The quantitative estimate of drug-likeness (QED) is 0.732. The predicted molar refractivity (Wildman–Crippen MR) is 49.9 cm³/mol. The van der Waals surface area contributed by atoms with E-state index < -0.39 is 0 Å². The lowest BCUT2D eigenvalue weighted by atomic mass is 10.2. The summed E-state index contributed by atoms with van der Waals surface area (Å²) < 4.78 is 2.16. The van der Waals surface area contributed by atoms with Crippen molar-refractivity contribution < 1.29 is 0 Å². The van der Waals surface area contributed by atoms with Crippen molar-refractivity contribution in [2.75, 3.05) is 0 Å². The monoisotopic (exact) mass is 167 g/mol. The summed E-state index contributed by atoms with van der Waals surface area (Å²) in [5, 5.41) is 0. The Morgan fingerprint density at radius 2 is 2.42 bits per heavy atom. The van der Waals surface area contributed by atoms with Crippen LogP contribution in [0.5, 0.6) is 0 Å². The Kier molecular flexibility index (Phi) is 3.29. The third kappa shape index (κ3) is 2.34. The van der Waals surface area contributed by atoms with Crippen molar-refractivity contribution in [1.29, 1.82) is 0 Å². The lowest BCUT2D eigenvalue weighted by Crippen LogP contribution is -2.16. The van der Waals surface area contributed by atoms with Crippen molar-refractivity contribution in [2.24, 2.45) is 5.73 Å². The molecule has 0 aliphatic heterocycles. The summed E-state index contributed by atoms with van der Waals surface area (Å²) in [5.41, 5.74) is 5.66. The Morgan fingerprint density at radius 3 is 3.00 bits per heavy atom. The molecule has 0 aromatic carbocycles. The molecule has 1 heterocycles. The maximum Gasteiger partial charge on any atom is 0.108 e. The number of hydrogen-bond donors (Lipinski definition) is 1. The van der Waals surface area contributed by atoms with E-state index in [0.717, 1.165) is 25.2 Å². The molecule has 2 N–H and O–H groups in total. The highest BCUT2D eigenvalue weighted by molar-refractivity contribution is 4.92. The van der Waals surface area contributed by atoms with Crippen molar-refractivity contribution in [3.05, 3.63) is 18.2 Å². The van der Waals surface area contributed by atoms with E-state index in [9.17, 15) is 0 Å². The molecule has 0 aliphatic rings. The Hall–Kier alpha value is -0.830. The standard InChI is InChI=1S/C9H17N3/c1-3-12-7-6-11-9(12)5-4-8(2)10/h6-8H,3-5,10H2,1-2H3/t8-/m0/s1. The van der Waals surface area contributed by atoms with Gasteiger partial charge in [-0.3, -0.25) is 0 Å². The molecule has 12 heavy (non-hydrogen) atoms. The summed E-state index contributed by atoms with van der Waals surface area (Å²) in [7, 11) is 0. The topological polar surface area (TPSA) is 43.8 Å². The lowest BCUT2D eigenvalue weighted by Gasteiger charge is -2.06. The van der Waals surface area contributed by atoms with Gasteiger partial charge in [-0.25, -0.2) is 4.98 Å². The van der Waals surface area contributed by atoms with Crippen LogP contribution in [0.2, 0.25) is 0 Å². The van der Waals surface area contributed by atoms with E-state index in [4.69, 9.17) is 5.73 Å². The van der Waals surface area contributed by atoms with Gasteiger partial charge in [0.2, 0.25) is 0 Å². The second kappa shape index (κ2) is 4.26. The lowest BCUT2D eigenvalue weighted by molar-refractivity contribution is 0.613. The summed E-state index contributed by atoms with van der Waals surface area (Å²) >= 11 is 0. The second-order valence-electron chi connectivity index (χ2n) is 3.15. The minimum atomic E-state index is 0.270. The van der Waals surface area contributed by atoms with Gasteiger partial charge in [-0.1, -0.05) is 0 Å². The predicted octanol–water partition coefficient (Wildman–Crippen LogP) is 1.18. The highest BCUT2D eigenvalue weighted by Crippen LogP contribution is 2.02. The van der Waals surface area contributed by atoms with Crippen LogP contribution in [0.3, 0.4) is 0 Å². The van der Waals surface area contributed by atoms with Crippen LogP contribution >= 0.6 is 0 Å². The van der Waals surface area contributed by atoms with Crippen LogP contribution in [0, 0.1) is 0 Å². The number of rotatable bonds is 4. The van der Waals surface area contributed by atoms with E-state index in [0.29, 0.717) is 0 Å². The van der Waals surface area contributed by atoms with Crippen LogP contribution in [0.4, 0.5) is 0 Å². The fourth-order valence-corrected chi connectivity index (χ4v) is 1.21. The first-order chi connectivity index (χ1) is 5.74. The maximum absolute atomic E-state index is 5.66. The fourth-order valence-electron chi connectivity index (χ4n) is 1.21. The number of nitrogens with two attached hydrogens (primary N) is 1. The average Bonchev–Trinajstić information content (AvgIpc) is 2.47. The minimum Gasteiger partial charge on any atom is -0.335 e. The first kappa shape index (κ1) is 9.26. The minimum absolute atomic E-state index is 0.270. The second-order valence-corrected chi connectivity index (χ2v) is 3.15. The van der Waals surface area contributed by atoms with E-state index in [-0.39, 0.29) is 6.04 Å². The molecule has 0 fully saturated rings. The molecule has 0 saturated carbocycles. The van der Waals surface area contributed by atoms with E-state index in [2.05, 4.69) is 16.5 Å². The molecule has 1 aromatic rings. The van der Waals surface area contributed by atoms with Crippen molar-refractivity contribution in [1.82, 2.24) is 9.55 Å². The van der Waals surface area contributed by atoms with E-state index in [1.54, 1.807) is 0 Å². The third-order valence-electron chi connectivity index (χ3n) is 1.97. The molecule has 3 nitrogen and oxygen atoms in total. The molecule has 0 unspecified atom stereocenters. The first-order valence-corrected chi connectivity index (χ1v) is 4.49. The molecule has 0 aliphatic carbocycles. The van der Waals surface area contributed by atoms with Crippen molar-refractivity contribution >= 4 is 0 Å². The molecule has 0 radical (unpaired) electrons. The number of aromatic nitrogens is 2. The molecule has 1 aromatic heterocycles. The molecule has 0 bridgehead atoms. The highest BCUT2D eigenvalue weighted by atomic mass is 15.0. The van der Waals surface area contributed by atoms with Gasteiger partial charge in [0.1, 0.15) is 5.82 Å². The van der Waals surface area contributed by atoms with Gasteiger partial charge in [-0.15, -0.1) is 0 Å². The summed E-state index contributed by atoms with van der Waals surface area (Å²) in [5.74, 6) is 1.15. The zero-order valence-corrected chi connectivity index (χ0v) is 7.83. The molecular weight excluding hydrogens is 150 g/mol. The van der Waals surface area contributed by atoms with E-state index in [1.165, 1.54) is 0 Å². The Labute approximate surface area is 73.6 Å². The van der Waals surface area contributed by atoms with Gasteiger partial charge in [0.05, 0.1) is 0 Å². The summed E-state index contributed by atoms with van der Waals surface area (Å²) in [6.07, 6.45) is 5.85. The van der Waals surface area contributed by atoms with Gasteiger partial charge < -0.3 is 10.3 Å². The number of imidazole rings is 1. The van der Waals surface area contributed by atoms with Crippen LogP contribution in [0.15, 0.2) is 12.4 Å². The third-order valence-corrected chi connectivity index (χ3v) is 1.97. The zero-order chi connectivity index (χ0) is 8.97. The Balaban J connectivity index is 2.50. The van der Waals surface area contributed by atoms with Crippen LogP contribution in [-0.4, -0.2) is 15.6 Å². The maximum atomic E-state index is 5.66. The average molecular weight is 167 g/mol. The molecule has 1 rings (SSSR count). The molecular formula is C9H17N3. The van der Waals surface area contributed by atoms with Crippen LogP contribution in [-0.2, 0) is 13.0 Å². The summed E-state index contributed by atoms with van der Waals surface area (Å²) in [6, 6.07) is 0.270. The summed E-state index contributed by atoms with van der Waals surface area (Å²) in [4.78, 5) is 4.27. The van der Waals surface area contributed by atoms with Crippen LogP contribution in [0.1, 0.15) is 26.1 Å². The van der Waals surface area contributed by atoms with Gasteiger partial charge in [0.25, 0.3) is 0 Å². The van der Waals surface area contributed by atoms with E-state index >= 15 is 0 Å². The molecule has 68 valence electrons. The molecule has 0 amide bonds. The van der Waals surface area contributed by atoms with Crippen LogP contribution < -0.4 is 5.73 Å². The smallest absolute Gasteiger partial charge is 0.108 e. The first-order valence-electron chi connectivity index (χ1n) is 4.49. The fraction of sp³-hybridized carbons (Fsp3) is 0.667. The molecule has 0 spiro atoms. The van der Waals surface area contributed by atoms with Gasteiger partial charge >= 0.3 is 0 Å². The van der Waals surface area contributed by atoms with Crippen molar-refractivity contribution in [2.45, 2.75) is 39.3 Å². The molecule has 0 saturated heterocycles. The Morgan fingerprint density at radius 1 is 1.67 bits per heavy atom. The molecule has 3 heteroatoms. The largest absolute Gasteiger partial charge is 0.335 e. The number of nitrogens with zero attached hydrogens (tertiary/aromatic N) is 2. The van der Waals surface area contributed by atoms with Gasteiger partial charge in [-0.2, -0.15) is 0 Å². The number of hydrogen-bond acceptors (Lipinski definition) is 2.